The summed E-state index contributed by atoms with van der Waals surface area (Å²) in [5.74, 6) is -0.551. The van der Waals surface area contributed by atoms with Gasteiger partial charge in [-0.05, 0) is 24.5 Å². The van der Waals surface area contributed by atoms with Crippen LogP contribution in [0.25, 0.3) is 10.6 Å². The number of nitrogens with zero attached hydrogens (tertiary/aromatic N) is 1. The molecule has 29 heavy (non-hydrogen) atoms. The second-order valence-electron chi connectivity index (χ2n) is 7.14. The number of nitrogens with one attached hydrogen (secondary N) is 1. The van der Waals surface area contributed by atoms with Gasteiger partial charge in [0.05, 0.1) is 12.1 Å². The van der Waals surface area contributed by atoms with Crippen LogP contribution in [-0.4, -0.2) is 23.5 Å². The van der Waals surface area contributed by atoms with Crippen LogP contribution in [0.5, 0.6) is 0 Å². The van der Waals surface area contributed by atoms with Gasteiger partial charge in [0.1, 0.15) is 5.01 Å². The topological polar surface area (TPSA) is 68.3 Å². The molecule has 5 nitrogen and oxygen atoms in total. The van der Waals surface area contributed by atoms with Gasteiger partial charge in [0.25, 0.3) is 5.91 Å². The highest BCUT2D eigenvalue weighted by Crippen LogP contribution is 2.25. The summed E-state index contributed by atoms with van der Waals surface area (Å²) in [6, 6.07) is 15.7. The van der Waals surface area contributed by atoms with E-state index >= 15 is 0 Å². The van der Waals surface area contributed by atoms with Crippen molar-refractivity contribution in [2.24, 2.45) is 0 Å². The molecule has 1 heterocycles. The van der Waals surface area contributed by atoms with E-state index in [0.29, 0.717) is 5.69 Å². The molecule has 1 N–H and O–H groups in total. The maximum absolute atomic E-state index is 12.2. The largest absolute Gasteiger partial charge is 0.455 e. The Balaban J connectivity index is 1.51. The summed E-state index contributed by atoms with van der Waals surface area (Å²) in [4.78, 5) is 28.7. The Morgan fingerprint density at radius 2 is 1.83 bits per heavy atom. The van der Waals surface area contributed by atoms with Crippen molar-refractivity contribution in [3.63, 3.8) is 0 Å². The van der Waals surface area contributed by atoms with Crippen molar-refractivity contribution < 1.29 is 14.3 Å². The van der Waals surface area contributed by atoms with Crippen molar-refractivity contribution in [2.45, 2.75) is 33.1 Å². The first-order valence-corrected chi connectivity index (χ1v) is 10.4. The van der Waals surface area contributed by atoms with Crippen LogP contribution in [0.4, 0.5) is 5.69 Å². The zero-order valence-electron chi connectivity index (χ0n) is 16.8. The number of anilines is 1. The lowest BCUT2D eigenvalue weighted by Gasteiger charge is -2.13. The number of esters is 1. The fourth-order valence-corrected chi connectivity index (χ4v) is 3.69. The number of para-hydroxylation sites is 1. The molecule has 3 aromatic rings. The van der Waals surface area contributed by atoms with E-state index in [1.807, 2.05) is 60.8 Å². The van der Waals surface area contributed by atoms with Crippen molar-refractivity contribution in [1.29, 1.82) is 0 Å². The predicted molar refractivity (Wildman–Crippen MR) is 116 cm³/mol. The first-order valence-electron chi connectivity index (χ1n) is 9.48. The van der Waals surface area contributed by atoms with Crippen LogP contribution in [0.15, 0.2) is 53.9 Å². The minimum atomic E-state index is -0.474. The monoisotopic (exact) mass is 408 g/mol. The van der Waals surface area contributed by atoms with E-state index in [9.17, 15) is 9.59 Å². The highest BCUT2D eigenvalue weighted by molar-refractivity contribution is 7.13. The molecule has 3 rings (SSSR count). The molecule has 0 saturated heterocycles. The van der Waals surface area contributed by atoms with Crippen LogP contribution in [0.1, 0.15) is 36.6 Å². The summed E-state index contributed by atoms with van der Waals surface area (Å²) in [5, 5.41) is 5.51. The zero-order chi connectivity index (χ0) is 20.8. The van der Waals surface area contributed by atoms with Gasteiger partial charge in [-0.15, -0.1) is 11.3 Å². The molecule has 0 unspecified atom stereocenters. The van der Waals surface area contributed by atoms with E-state index in [2.05, 4.69) is 24.1 Å². The van der Waals surface area contributed by atoms with E-state index in [4.69, 9.17) is 4.74 Å². The second kappa shape index (κ2) is 9.47. The summed E-state index contributed by atoms with van der Waals surface area (Å²) in [6.07, 6.45) is 0.0399. The van der Waals surface area contributed by atoms with Crippen LogP contribution in [0.2, 0.25) is 0 Å². The quantitative estimate of drug-likeness (QED) is 0.561. The average molecular weight is 409 g/mol. The first-order chi connectivity index (χ1) is 13.9. The third-order valence-electron chi connectivity index (χ3n) is 4.40. The molecule has 1 aromatic heterocycles. The summed E-state index contributed by atoms with van der Waals surface area (Å²) in [5.41, 5.74) is 4.62. The maximum atomic E-state index is 12.2. The van der Waals surface area contributed by atoms with Gasteiger partial charge in [-0.1, -0.05) is 61.9 Å². The highest BCUT2D eigenvalue weighted by Gasteiger charge is 2.13. The van der Waals surface area contributed by atoms with Crippen LogP contribution in [0, 0.1) is 6.92 Å². The van der Waals surface area contributed by atoms with Crippen LogP contribution < -0.4 is 5.32 Å². The van der Waals surface area contributed by atoms with Crippen LogP contribution in [-0.2, 0) is 20.7 Å². The number of aryl methyl sites for hydroxylation is 1. The van der Waals surface area contributed by atoms with Crippen molar-refractivity contribution in [1.82, 2.24) is 4.98 Å². The Kier molecular flexibility index (Phi) is 6.77. The van der Waals surface area contributed by atoms with Gasteiger partial charge < -0.3 is 10.1 Å². The van der Waals surface area contributed by atoms with Gasteiger partial charge in [-0.3, -0.25) is 9.59 Å². The average Bonchev–Trinajstić information content (AvgIpc) is 3.15. The Labute approximate surface area is 174 Å². The van der Waals surface area contributed by atoms with E-state index in [1.54, 1.807) is 0 Å². The molecule has 150 valence electrons. The molecule has 6 heteroatoms. The maximum Gasteiger partial charge on any atom is 0.312 e. The summed E-state index contributed by atoms with van der Waals surface area (Å²) in [6.45, 7) is 5.83. The number of hydrogen-bond donors (Lipinski definition) is 1. The highest BCUT2D eigenvalue weighted by atomic mass is 32.1. The minimum Gasteiger partial charge on any atom is -0.455 e. The molecule has 2 aromatic carbocycles. The first kappa shape index (κ1) is 20.7. The molecule has 0 aliphatic heterocycles. The number of thiazole rings is 1. The van der Waals surface area contributed by atoms with Gasteiger partial charge in [0.2, 0.25) is 0 Å². The number of benzene rings is 2. The van der Waals surface area contributed by atoms with E-state index in [1.165, 1.54) is 16.9 Å². The number of carbonyl (C=O) groups is 2. The number of amides is 1. The van der Waals surface area contributed by atoms with Gasteiger partial charge >= 0.3 is 5.97 Å². The molecule has 0 atom stereocenters. The van der Waals surface area contributed by atoms with Crippen LogP contribution in [0.3, 0.4) is 0 Å². The zero-order valence-corrected chi connectivity index (χ0v) is 17.6. The van der Waals surface area contributed by atoms with Crippen LogP contribution >= 0.6 is 11.3 Å². The molecule has 0 fully saturated rings. The molecular formula is C23H24N2O3S. The molecule has 0 bridgehead atoms. The number of aromatic nitrogens is 1. The Morgan fingerprint density at radius 1 is 1.10 bits per heavy atom. The van der Waals surface area contributed by atoms with Crippen molar-refractivity contribution in [2.75, 3.05) is 11.9 Å². The third-order valence-corrected chi connectivity index (χ3v) is 5.34. The molecular weight excluding hydrogens is 384 g/mol. The second-order valence-corrected chi connectivity index (χ2v) is 8.00. The standard InChI is InChI=1S/C23H24N2O3S/c1-15(2)19-6-4-5-7-20(19)25-21(26)13-28-22(27)12-18-14-29-23(24-18)17-10-8-16(3)9-11-17/h4-11,14-15H,12-13H2,1-3H3,(H,25,26). The van der Waals surface area contributed by atoms with Crippen molar-refractivity contribution >= 4 is 28.9 Å². The number of carbonyl (C=O) groups excluding carboxylic acids is 2. The SMILES string of the molecule is Cc1ccc(-c2nc(CC(=O)OCC(=O)Nc3ccccc3C(C)C)cs2)cc1. The summed E-state index contributed by atoms with van der Waals surface area (Å²) >= 11 is 1.48. The summed E-state index contributed by atoms with van der Waals surface area (Å²) < 4.78 is 5.12. The number of hydrogen-bond acceptors (Lipinski definition) is 5. The molecule has 0 saturated carbocycles. The molecule has 0 aliphatic carbocycles. The lowest BCUT2D eigenvalue weighted by Crippen LogP contribution is -2.22. The summed E-state index contributed by atoms with van der Waals surface area (Å²) in [7, 11) is 0. The fourth-order valence-electron chi connectivity index (χ4n) is 2.86. The van der Waals surface area contributed by atoms with E-state index in [-0.39, 0.29) is 24.9 Å². The molecule has 0 aliphatic rings. The van der Waals surface area contributed by atoms with Crippen molar-refractivity contribution in [3.05, 3.63) is 70.7 Å². The molecule has 0 spiro atoms. The van der Waals surface area contributed by atoms with E-state index < -0.39 is 5.97 Å². The minimum absolute atomic E-state index is 0.0399. The molecule has 1 amide bonds. The number of ether oxygens (including phenoxy) is 1. The smallest absolute Gasteiger partial charge is 0.312 e. The molecule has 0 radical (unpaired) electrons. The Morgan fingerprint density at radius 3 is 2.55 bits per heavy atom. The van der Waals surface area contributed by atoms with Gasteiger partial charge in [-0.2, -0.15) is 0 Å². The Bertz CT molecular complexity index is 993. The van der Waals surface area contributed by atoms with Gasteiger partial charge in [-0.25, -0.2) is 4.98 Å². The fraction of sp³-hybridized carbons (Fsp3) is 0.261. The number of rotatable bonds is 7. The lowest BCUT2D eigenvalue weighted by atomic mass is 10.0. The Hall–Kier alpha value is -2.99. The normalized spacial score (nSPS) is 10.8. The third kappa shape index (κ3) is 5.74. The van der Waals surface area contributed by atoms with Gasteiger partial charge in [0.15, 0.2) is 6.61 Å². The predicted octanol–water partition coefficient (Wildman–Crippen LogP) is 4.97. The van der Waals surface area contributed by atoms with Gasteiger partial charge in [0, 0.05) is 16.6 Å². The lowest BCUT2D eigenvalue weighted by molar-refractivity contribution is -0.146. The van der Waals surface area contributed by atoms with Crippen molar-refractivity contribution in [3.8, 4) is 10.6 Å². The van der Waals surface area contributed by atoms with E-state index in [0.717, 1.165) is 21.8 Å².